The van der Waals surface area contributed by atoms with Crippen LogP contribution in [0.5, 0.6) is 5.88 Å². The fraction of sp³-hybridized carbons (Fsp3) is 0.571. The van der Waals surface area contributed by atoms with Gasteiger partial charge in [-0.15, -0.1) is 5.10 Å². The maximum atomic E-state index is 12.1. The maximum Gasteiger partial charge on any atom is 0.388 e. The molecule has 1 aliphatic rings. The van der Waals surface area contributed by atoms with Crippen molar-refractivity contribution in [2.45, 2.75) is 65.1 Å². The molecule has 0 spiro atoms. The van der Waals surface area contributed by atoms with Crippen LogP contribution in [0.3, 0.4) is 0 Å². The number of aryl methyl sites for hydroxylation is 1. The van der Waals surface area contributed by atoms with E-state index in [1.807, 2.05) is 19.9 Å². The molecule has 1 aliphatic heterocycles. The highest BCUT2D eigenvalue weighted by molar-refractivity contribution is 5.63. The molecular formula is C21H31F2N5O3. The van der Waals surface area contributed by atoms with E-state index in [1.54, 1.807) is 12.3 Å². The van der Waals surface area contributed by atoms with Gasteiger partial charge in [0.1, 0.15) is 11.6 Å². The van der Waals surface area contributed by atoms with Crippen LogP contribution in [0.2, 0.25) is 0 Å². The monoisotopic (exact) mass is 439 g/mol. The van der Waals surface area contributed by atoms with Gasteiger partial charge >= 0.3 is 6.61 Å². The molecular weight excluding hydrogens is 408 g/mol. The Morgan fingerprint density at radius 2 is 2.10 bits per heavy atom. The van der Waals surface area contributed by atoms with E-state index < -0.39 is 12.2 Å². The topological polar surface area (TPSA) is 105 Å². The number of alkyl halides is 2. The molecule has 3 rings (SSSR count). The van der Waals surface area contributed by atoms with Crippen molar-refractivity contribution in [1.82, 2.24) is 15.2 Å². The Labute approximate surface area is 181 Å². The van der Waals surface area contributed by atoms with E-state index in [4.69, 9.17) is 4.74 Å². The van der Waals surface area contributed by atoms with Gasteiger partial charge in [-0.05, 0) is 44.7 Å². The van der Waals surface area contributed by atoms with E-state index >= 15 is 0 Å². The molecule has 10 heteroatoms. The van der Waals surface area contributed by atoms with Crippen molar-refractivity contribution >= 4 is 23.5 Å². The van der Waals surface area contributed by atoms with Crippen LogP contribution >= 0.6 is 0 Å². The summed E-state index contributed by atoms with van der Waals surface area (Å²) in [7, 11) is 0. The van der Waals surface area contributed by atoms with Gasteiger partial charge < -0.3 is 19.9 Å². The SMILES string of the molecule is CC=Nc1ccc(Nc2cc(OC(F)F)n[nH]2)nc1CCC.CCC1(O)CCOCC1. The van der Waals surface area contributed by atoms with Crippen LogP contribution in [-0.4, -0.2) is 51.9 Å². The van der Waals surface area contributed by atoms with Gasteiger partial charge in [-0.25, -0.2) is 4.98 Å². The lowest BCUT2D eigenvalue weighted by atomic mass is 9.92. The second kappa shape index (κ2) is 12.3. The third-order valence-electron chi connectivity index (χ3n) is 4.81. The van der Waals surface area contributed by atoms with Crippen molar-refractivity contribution in [2.24, 2.45) is 4.99 Å². The summed E-state index contributed by atoms with van der Waals surface area (Å²) in [5.74, 6) is 0.807. The standard InChI is InChI=1S/C14H17F2N5O.C7H14O2/c1-3-5-10-9(17-4-2)6-7-11(18-10)19-12-8-13(21-20-12)22-14(15)16;1-2-7(8)3-5-9-6-4-7/h4,6-8,14H,3,5H2,1-2H3,(H2,18,19,20,21);8H,2-6H2,1H3. The Kier molecular flexibility index (Phi) is 9.80. The third kappa shape index (κ3) is 8.22. The molecule has 1 fully saturated rings. The fourth-order valence-electron chi connectivity index (χ4n) is 3.00. The van der Waals surface area contributed by atoms with E-state index in [0.29, 0.717) is 11.6 Å². The fourth-order valence-corrected chi connectivity index (χ4v) is 3.00. The molecule has 31 heavy (non-hydrogen) atoms. The predicted molar refractivity (Wildman–Crippen MR) is 116 cm³/mol. The van der Waals surface area contributed by atoms with E-state index in [0.717, 1.165) is 56.7 Å². The number of aliphatic hydroxyl groups is 1. The average molecular weight is 440 g/mol. The highest BCUT2D eigenvalue weighted by atomic mass is 19.3. The summed E-state index contributed by atoms with van der Waals surface area (Å²) in [6, 6.07) is 4.95. The molecule has 0 aromatic carbocycles. The minimum atomic E-state index is -2.91. The normalized spacial score (nSPS) is 15.6. The van der Waals surface area contributed by atoms with E-state index in [9.17, 15) is 13.9 Å². The van der Waals surface area contributed by atoms with Crippen molar-refractivity contribution in [3.63, 3.8) is 0 Å². The van der Waals surface area contributed by atoms with Crippen molar-refractivity contribution in [3.05, 3.63) is 23.9 Å². The summed E-state index contributed by atoms with van der Waals surface area (Å²) < 4.78 is 33.5. The summed E-state index contributed by atoms with van der Waals surface area (Å²) >= 11 is 0. The van der Waals surface area contributed by atoms with Crippen LogP contribution in [0.25, 0.3) is 0 Å². The van der Waals surface area contributed by atoms with E-state index in [1.165, 1.54) is 6.07 Å². The van der Waals surface area contributed by atoms with Gasteiger partial charge in [0.25, 0.3) is 0 Å². The number of H-pyrrole nitrogens is 1. The lowest BCUT2D eigenvalue weighted by Crippen LogP contribution is -2.35. The second-order valence-electron chi connectivity index (χ2n) is 7.11. The molecule has 8 nitrogen and oxygen atoms in total. The number of rotatable bonds is 8. The maximum absolute atomic E-state index is 12.1. The highest BCUT2D eigenvalue weighted by Gasteiger charge is 2.26. The minimum absolute atomic E-state index is 0.182. The Morgan fingerprint density at radius 1 is 1.35 bits per heavy atom. The van der Waals surface area contributed by atoms with Crippen LogP contribution in [0.15, 0.2) is 23.2 Å². The molecule has 0 bridgehead atoms. The molecule has 2 aromatic heterocycles. The molecule has 0 aliphatic carbocycles. The lowest BCUT2D eigenvalue weighted by Gasteiger charge is -2.30. The number of pyridine rings is 1. The summed E-state index contributed by atoms with van der Waals surface area (Å²) in [4.78, 5) is 8.76. The molecule has 3 heterocycles. The first-order valence-electron chi connectivity index (χ1n) is 10.4. The Bertz CT molecular complexity index is 823. The van der Waals surface area contributed by atoms with Crippen LogP contribution < -0.4 is 10.1 Å². The van der Waals surface area contributed by atoms with Crippen molar-refractivity contribution < 1.29 is 23.4 Å². The number of hydrogen-bond acceptors (Lipinski definition) is 7. The van der Waals surface area contributed by atoms with Crippen molar-refractivity contribution in [1.29, 1.82) is 0 Å². The summed E-state index contributed by atoms with van der Waals surface area (Å²) in [6.07, 6.45) is 5.93. The Morgan fingerprint density at radius 3 is 2.68 bits per heavy atom. The molecule has 3 N–H and O–H groups in total. The zero-order valence-electron chi connectivity index (χ0n) is 18.2. The number of nitrogens with one attached hydrogen (secondary N) is 2. The zero-order valence-corrected chi connectivity index (χ0v) is 18.2. The number of aromatic nitrogens is 3. The van der Waals surface area contributed by atoms with Crippen LogP contribution in [0.1, 0.15) is 52.1 Å². The number of halogens is 2. The Hall–Kier alpha value is -2.59. The Balaban J connectivity index is 0.000000316. The number of aliphatic imine (C=N–C) groups is 1. The first-order chi connectivity index (χ1) is 14.9. The van der Waals surface area contributed by atoms with E-state index in [2.05, 4.69) is 37.2 Å². The smallest absolute Gasteiger partial charge is 0.388 e. The molecule has 0 atom stereocenters. The lowest BCUT2D eigenvalue weighted by molar-refractivity contribution is -0.0651. The largest absolute Gasteiger partial charge is 0.415 e. The van der Waals surface area contributed by atoms with E-state index in [-0.39, 0.29) is 5.88 Å². The molecule has 0 amide bonds. The van der Waals surface area contributed by atoms with Crippen molar-refractivity contribution in [3.8, 4) is 5.88 Å². The molecule has 0 unspecified atom stereocenters. The summed E-state index contributed by atoms with van der Waals surface area (Å²) in [5.41, 5.74) is 1.29. The molecule has 0 radical (unpaired) electrons. The minimum Gasteiger partial charge on any atom is -0.415 e. The number of anilines is 2. The summed E-state index contributed by atoms with van der Waals surface area (Å²) in [5, 5.41) is 18.7. The predicted octanol–water partition coefficient (Wildman–Crippen LogP) is 4.76. The number of aromatic amines is 1. The van der Waals surface area contributed by atoms with Gasteiger partial charge in [-0.3, -0.25) is 10.1 Å². The van der Waals surface area contributed by atoms with Crippen LogP contribution in [0, 0.1) is 0 Å². The van der Waals surface area contributed by atoms with Crippen LogP contribution in [0.4, 0.5) is 26.1 Å². The quantitative estimate of drug-likeness (QED) is 0.512. The zero-order chi connectivity index (χ0) is 22.7. The van der Waals surface area contributed by atoms with Crippen LogP contribution in [-0.2, 0) is 11.2 Å². The van der Waals surface area contributed by atoms with Gasteiger partial charge in [0.05, 0.1) is 17.0 Å². The molecule has 2 aromatic rings. The number of hydrogen-bond donors (Lipinski definition) is 3. The number of ether oxygens (including phenoxy) is 2. The van der Waals surface area contributed by atoms with Gasteiger partial charge in [0.15, 0.2) is 0 Å². The highest BCUT2D eigenvalue weighted by Crippen LogP contribution is 2.24. The van der Waals surface area contributed by atoms with Gasteiger partial charge in [-0.2, -0.15) is 8.78 Å². The van der Waals surface area contributed by atoms with Gasteiger partial charge in [-0.1, -0.05) is 20.3 Å². The first-order valence-corrected chi connectivity index (χ1v) is 10.4. The third-order valence-corrected chi connectivity index (χ3v) is 4.81. The van der Waals surface area contributed by atoms with Crippen molar-refractivity contribution in [2.75, 3.05) is 18.5 Å². The van der Waals surface area contributed by atoms with Gasteiger partial charge in [0, 0.05) is 25.5 Å². The summed E-state index contributed by atoms with van der Waals surface area (Å²) in [6.45, 7) is 4.47. The molecule has 1 saturated heterocycles. The molecule has 0 saturated carbocycles. The molecule has 172 valence electrons. The number of nitrogens with zero attached hydrogens (tertiary/aromatic N) is 3. The average Bonchev–Trinajstić information content (AvgIpc) is 3.17. The first kappa shape index (κ1) is 24.7. The second-order valence-corrected chi connectivity index (χ2v) is 7.11. The van der Waals surface area contributed by atoms with Gasteiger partial charge in [0.2, 0.25) is 5.88 Å².